The summed E-state index contributed by atoms with van der Waals surface area (Å²) < 4.78 is 42.6. The van der Waals surface area contributed by atoms with E-state index in [9.17, 15) is 22.8 Å². The molecule has 2 amide bonds. The first-order chi connectivity index (χ1) is 13.7. The Bertz CT molecular complexity index is 1050. The monoisotopic (exact) mass is 442 g/mol. The van der Waals surface area contributed by atoms with Gasteiger partial charge in [0, 0.05) is 10.1 Å². The number of hydrogen-bond donors (Lipinski definition) is 2. The minimum Gasteiger partial charge on any atom is -0.482 e. The van der Waals surface area contributed by atoms with Crippen molar-refractivity contribution < 1.29 is 27.5 Å². The predicted molar refractivity (Wildman–Crippen MR) is 106 cm³/mol. The van der Waals surface area contributed by atoms with Crippen LogP contribution < -0.4 is 15.4 Å². The second-order valence-electron chi connectivity index (χ2n) is 5.87. The van der Waals surface area contributed by atoms with Gasteiger partial charge in [0.25, 0.3) is 5.91 Å². The van der Waals surface area contributed by atoms with Gasteiger partial charge in [-0.3, -0.25) is 9.59 Å². The first kappa shape index (κ1) is 20.9. The van der Waals surface area contributed by atoms with E-state index in [1.165, 1.54) is 35.6 Å². The first-order valence-corrected chi connectivity index (χ1v) is 9.48. The second kappa shape index (κ2) is 8.71. The highest BCUT2D eigenvalue weighted by Crippen LogP contribution is 2.35. The largest absolute Gasteiger partial charge is 0.482 e. The summed E-state index contributed by atoms with van der Waals surface area (Å²) in [5, 5.41) is 5.91. The van der Waals surface area contributed by atoms with Gasteiger partial charge in [0.1, 0.15) is 10.6 Å². The molecule has 0 aliphatic rings. The lowest BCUT2D eigenvalue weighted by Gasteiger charge is -2.14. The zero-order chi connectivity index (χ0) is 21.0. The molecule has 0 bridgehead atoms. The van der Waals surface area contributed by atoms with E-state index in [2.05, 4.69) is 10.6 Å². The minimum absolute atomic E-state index is 0.0656. The number of anilines is 1. The van der Waals surface area contributed by atoms with Crippen molar-refractivity contribution in [3.05, 3.63) is 58.4 Å². The van der Waals surface area contributed by atoms with Gasteiger partial charge in [-0.15, -0.1) is 11.3 Å². The molecule has 0 saturated heterocycles. The smallest absolute Gasteiger partial charge is 0.422 e. The summed E-state index contributed by atoms with van der Waals surface area (Å²) in [7, 11) is 0. The number of ether oxygens (including phenoxy) is 1. The zero-order valence-electron chi connectivity index (χ0n) is 14.7. The lowest BCUT2D eigenvalue weighted by molar-refractivity contribution is -0.153. The molecule has 5 nitrogen and oxygen atoms in total. The molecule has 2 N–H and O–H groups in total. The van der Waals surface area contributed by atoms with Crippen molar-refractivity contribution in [2.45, 2.75) is 6.18 Å². The molecular formula is C19H14ClF3N2O3S. The van der Waals surface area contributed by atoms with Gasteiger partial charge in [-0.2, -0.15) is 13.2 Å². The van der Waals surface area contributed by atoms with Crippen LogP contribution in [0.4, 0.5) is 18.9 Å². The zero-order valence-corrected chi connectivity index (χ0v) is 16.3. The molecule has 2 aromatic carbocycles. The van der Waals surface area contributed by atoms with Crippen LogP contribution in [0.1, 0.15) is 9.67 Å². The van der Waals surface area contributed by atoms with Crippen molar-refractivity contribution >= 4 is 50.5 Å². The molecule has 0 radical (unpaired) electrons. The Kier molecular flexibility index (Phi) is 6.29. The summed E-state index contributed by atoms with van der Waals surface area (Å²) >= 11 is 7.43. The first-order valence-electron chi connectivity index (χ1n) is 8.28. The number of para-hydroxylation sites is 2. The van der Waals surface area contributed by atoms with E-state index in [0.29, 0.717) is 5.02 Å². The molecule has 29 heavy (non-hydrogen) atoms. The average Bonchev–Trinajstić information content (AvgIpc) is 3.02. The normalized spacial score (nSPS) is 11.3. The molecule has 0 fully saturated rings. The fourth-order valence-electron chi connectivity index (χ4n) is 2.45. The van der Waals surface area contributed by atoms with Crippen LogP contribution in [0.2, 0.25) is 5.02 Å². The highest BCUT2D eigenvalue weighted by atomic mass is 35.5. The molecule has 3 aromatic rings. The van der Waals surface area contributed by atoms with Gasteiger partial charge >= 0.3 is 6.18 Å². The average molecular weight is 443 g/mol. The molecule has 10 heteroatoms. The van der Waals surface area contributed by atoms with Gasteiger partial charge in [0.2, 0.25) is 5.91 Å². The number of halogens is 4. The summed E-state index contributed by atoms with van der Waals surface area (Å²) in [5.74, 6) is -1.27. The van der Waals surface area contributed by atoms with E-state index in [1.807, 2.05) is 12.1 Å². The predicted octanol–water partition coefficient (Wildman–Crippen LogP) is 4.86. The Morgan fingerprint density at radius 2 is 1.76 bits per heavy atom. The number of nitrogens with one attached hydrogen (secondary N) is 2. The highest BCUT2D eigenvalue weighted by molar-refractivity contribution is 7.21. The summed E-state index contributed by atoms with van der Waals surface area (Å²) in [5.41, 5.74) is 0.0656. The Hall–Kier alpha value is -2.78. The summed E-state index contributed by atoms with van der Waals surface area (Å²) in [6, 6.07) is 12.9. The maximum atomic E-state index is 12.4. The quantitative estimate of drug-likeness (QED) is 0.572. The second-order valence-corrected chi connectivity index (χ2v) is 7.30. The van der Waals surface area contributed by atoms with Crippen LogP contribution in [0.25, 0.3) is 10.1 Å². The molecule has 3 rings (SSSR count). The molecular weight excluding hydrogens is 429 g/mol. The van der Waals surface area contributed by atoms with Crippen molar-refractivity contribution in [2.24, 2.45) is 0 Å². The van der Waals surface area contributed by atoms with Crippen LogP contribution in [0.15, 0.2) is 48.5 Å². The maximum Gasteiger partial charge on any atom is 0.422 e. The van der Waals surface area contributed by atoms with Crippen molar-refractivity contribution in [1.82, 2.24) is 5.32 Å². The van der Waals surface area contributed by atoms with Crippen LogP contribution in [0.3, 0.4) is 0 Å². The number of hydrogen-bond acceptors (Lipinski definition) is 4. The Balaban J connectivity index is 1.61. The number of alkyl halides is 3. The van der Waals surface area contributed by atoms with E-state index in [0.717, 1.165) is 10.1 Å². The van der Waals surface area contributed by atoms with E-state index in [1.54, 1.807) is 12.1 Å². The summed E-state index contributed by atoms with van der Waals surface area (Å²) in [6.45, 7) is -1.88. The molecule has 0 spiro atoms. The molecule has 152 valence electrons. The number of carbonyl (C=O) groups excluding carboxylic acids is 2. The van der Waals surface area contributed by atoms with Gasteiger partial charge in [-0.25, -0.2) is 0 Å². The fourth-order valence-corrected chi connectivity index (χ4v) is 3.88. The number of amides is 2. The van der Waals surface area contributed by atoms with E-state index in [4.69, 9.17) is 16.3 Å². The van der Waals surface area contributed by atoms with Crippen LogP contribution >= 0.6 is 22.9 Å². The van der Waals surface area contributed by atoms with Gasteiger partial charge in [-0.05, 0) is 18.2 Å². The van der Waals surface area contributed by atoms with E-state index < -0.39 is 31.1 Å². The third-order valence-corrected chi connectivity index (χ3v) is 5.38. The van der Waals surface area contributed by atoms with Crippen LogP contribution in [-0.2, 0) is 4.79 Å². The van der Waals surface area contributed by atoms with Gasteiger partial charge < -0.3 is 15.4 Å². The third-order valence-electron chi connectivity index (χ3n) is 3.70. The molecule has 1 heterocycles. The summed E-state index contributed by atoms with van der Waals surface area (Å²) in [4.78, 5) is 24.8. The van der Waals surface area contributed by atoms with Gasteiger partial charge in [0.15, 0.2) is 6.61 Å². The van der Waals surface area contributed by atoms with Crippen molar-refractivity contribution in [3.63, 3.8) is 0 Å². The molecule has 0 unspecified atom stereocenters. The Labute approximate surface area is 172 Å². The molecule has 0 aliphatic carbocycles. The van der Waals surface area contributed by atoms with E-state index in [-0.39, 0.29) is 16.3 Å². The Morgan fingerprint density at radius 1 is 1.07 bits per heavy atom. The lowest BCUT2D eigenvalue weighted by Crippen LogP contribution is -2.32. The summed E-state index contributed by atoms with van der Waals surface area (Å²) in [6.07, 6.45) is -4.51. The molecule has 1 aromatic heterocycles. The SMILES string of the molecule is O=C(CNC(=O)c1sc2ccccc2c1Cl)Nc1ccccc1OCC(F)(F)F. The molecule has 0 aliphatic heterocycles. The van der Waals surface area contributed by atoms with Gasteiger partial charge in [-0.1, -0.05) is 41.9 Å². The Morgan fingerprint density at radius 3 is 2.48 bits per heavy atom. The van der Waals surface area contributed by atoms with Crippen molar-refractivity contribution in [3.8, 4) is 5.75 Å². The number of rotatable bonds is 6. The minimum atomic E-state index is -4.51. The standard InChI is InChI=1S/C19H14ClF3N2O3S/c20-16-11-5-1-4-8-14(11)29-17(16)18(27)24-9-15(26)25-12-6-2-3-7-13(12)28-10-19(21,22)23/h1-8H,9-10H2,(H,24,27)(H,25,26). The lowest BCUT2D eigenvalue weighted by atomic mass is 10.2. The number of fused-ring (bicyclic) bond motifs is 1. The maximum absolute atomic E-state index is 12.4. The molecule has 0 saturated carbocycles. The number of carbonyl (C=O) groups is 2. The fraction of sp³-hybridized carbons (Fsp3) is 0.158. The van der Waals surface area contributed by atoms with Crippen LogP contribution in [0, 0.1) is 0 Å². The van der Waals surface area contributed by atoms with Gasteiger partial charge in [0.05, 0.1) is 17.3 Å². The highest BCUT2D eigenvalue weighted by Gasteiger charge is 2.29. The van der Waals surface area contributed by atoms with Crippen LogP contribution in [-0.4, -0.2) is 31.1 Å². The number of thiophene rings is 1. The van der Waals surface area contributed by atoms with Crippen molar-refractivity contribution in [2.75, 3.05) is 18.5 Å². The third kappa shape index (κ3) is 5.39. The molecule has 0 atom stereocenters. The van der Waals surface area contributed by atoms with Crippen LogP contribution in [0.5, 0.6) is 5.75 Å². The number of benzene rings is 2. The van der Waals surface area contributed by atoms with E-state index >= 15 is 0 Å². The van der Waals surface area contributed by atoms with Crippen molar-refractivity contribution in [1.29, 1.82) is 0 Å². The topological polar surface area (TPSA) is 67.4 Å².